The number of thiophene rings is 1. The molecule has 100 valence electrons. The molecule has 1 aromatic rings. The van der Waals surface area contributed by atoms with E-state index in [1.165, 1.54) is 11.3 Å². The van der Waals surface area contributed by atoms with Gasteiger partial charge in [0.2, 0.25) is 0 Å². The molecule has 2 N–H and O–H groups in total. The number of nitrogens with one attached hydrogen (secondary N) is 1. The summed E-state index contributed by atoms with van der Waals surface area (Å²) < 4.78 is 5.10. The van der Waals surface area contributed by atoms with Gasteiger partial charge in [0, 0.05) is 11.5 Å². The molecule has 0 aliphatic heterocycles. The normalized spacial score (nSPS) is 10.4. The van der Waals surface area contributed by atoms with E-state index in [9.17, 15) is 9.59 Å². The van der Waals surface area contributed by atoms with Crippen molar-refractivity contribution in [1.29, 1.82) is 0 Å². The summed E-state index contributed by atoms with van der Waals surface area (Å²) in [4.78, 5) is 23.6. The number of aryl methyl sites for hydroxylation is 1. The van der Waals surface area contributed by atoms with Crippen molar-refractivity contribution >= 4 is 28.2 Å². The molecule has 1 heterocycles. The van der Waals surface area contributed by atoms with Crippen molar-refractivity contribution in [2.45, 2.75) is 27.2 Å². The third kappa shape index (κ3) is 3.54. The Balaban J connectivity index is 2.75. The van der Waals surface area contributed by atoms with Crippen LogP contribution < -0.4 is 5.32 Å². The summed E-state index contributed by atoms with van der Waals surface area (Å²) in [6, 6.07) is 0. The van der Waals surface area contributed by atoms with Crippen molar-refractivity contribution in [3.63, 3.8) is 0 Å². The van der Waals surface area contributed by atoms with Crippen molar-refractivity contribution < 1.29 is 19.4 Å². The van der Waals surface area contributed by atoms with Gasteiger partial charge in [0.15, 0.2) is 0 Å². The Hall–Kier alpha value is -1.40. The van der Waals surface area contributed by atoms with Crippen molar-refractivity contribution in [2.75, 3.05) is 18.5 Å². The summed E-state index contributed by atoms with van der Waals surface area (Å²) in [5.41, 5.74) is 0.860. The average molecular weight is 271 g/mol. The van der Waals surface area contributed by atoms with Crippen molar-refractivity contribution in [3.8, 4) is 0 Å². The molecule has 0 bridgehead atoms. The Kier molecular flexibility index (Phi) is 5.30. The smallest absolute Gasteiger partial charge is 0.338 e. The molecule has 5 nitrogen and oxygen atoms in total. The highest BCUT2D eigenvalue weighted by atomic mass is 32.1. The predicted octanol–water partition coefficient (Wildman–Crippen LogP) is 2.43. The second kappa shape index (κ2) is 6.51. The Labute approximate surface area is 110 Å². The van der Waals surface area contributed by atoms with Gasteiger partial charge in [-0.3, -0.25) is 4.79 Å². The summed E-state index contributed by atoms with van der Waals surface area (Å²) in [5, 5.41) is 12.1. The van der Waals surface area contributed by atoms with E-state index in [2.05, 4.69) is 5.32 Å². The zero-order chi connectivity index (χ0) is 13.7. The molecule has 0 saturated heterocycles. The number of ether oxygens (including phenoxy) is 1. The summed E-state index contributed by atoms with van der Waals surface area (Å²) >= 11 is 1.27. The minimum absolute atomic E-state index is 0.0527. The standard InChI is InChI=1S/C12H17NO4S/c1-4-5-17-6-9(14)13-11-10(12(15)16)7(2)8(3)18-11/h4-6H2,1-3H3,(H,13,14)(H,15,16). The largest absolute Gasteiger partial charge is 0.478 e. The van der Waals surface area contributed by atoms with Gasteiger partial charge in [-0.05, 0) is 25.8 Å². The van der Waals surface area contributed by atoms with Gasteiger partial charge >= 0.3 is 5.97 Å². The molecule has 1 aromatic heterocycles. The first-order chi connectivity index (χ1) is 8.47. The molecule has 0 saturated carbocycles. The maximum Gasteiger partial charge on any atom is 0.338 e. The molecule has 0 spiro atoms. The molecule has 1 rings (SSSR count). The molecule has 0 unspecified atom stereocenters. The lowest BCUT2D eigenvalue weighted by molar-refractivity contribution is -0.120. The van der Waals surface area contributed by atoms with Crippen molar-refractivity contribution in [1.82, 2.24) is 0 Å². The lowest BCUT2D eigenvalue weighted by atomic mass is 10.1. The minimum Gasteiger partial charge on any atom is -0.478 e. The Morgan fingerprint density at radius 2 is 2.06 bits per heavy atom. The number of rotatable bonds is 6. The highest BCUT2D eigenvalue weighted by Crippen LogP contribution is 2.32. The van der Waals surface area contributed by atoms with Crippen LogP contribution in [-0.4, -0.2) is 30.2 Å². The van der Waals surface area contributed by atoms with Crippen LogP contribution in [0.3, 0.4) is 0 Å². The summed E-state index contributed by atoms with van der Waals surface area (Å²) in [7, 11) is 0. The van der Waals surface area contributed by atoms with Crippen LogP contribution in [0.1, 0.15) is 34.1 Å². The first-order valence-corrected chi connectivity index (χ1v) is 6.49. The van der Waals surface area contributed by atoms with Crippen molar-refractivity contribution in [2.24, 2.45) is 0 Å². The van der Waals surface area contributed by atoms with Crippen LogP contribution in [0.15, 0.2) is 0 Å². The van der Waals surface area contributed by atoms with Crippen molar-refractivity contribution in [3.05, 3.63) is 16.0 Å². The van der Waals surface area contributed by atoms with Crippen LogP contribution in [0.5, 0.6) is 0 Å². The van der Waals surface area contributed by atoms with E-state index < -0.39 is 5.97 Å². The van der Waals surface area contributed by atoms with E-state index in [0.717, 1.165) is 11.3 Å². The maximum absolute atomic E-state index is 11.6. The number of carboxylic acid groups (broad SMARTS) is 1. The molecule has 6 heteroatoms. The zero-order valence-corrected chi connectivity index (χ0v) is 11.5. The molecule has 0 fully saturated rings. The lowest BCUT2D eigenvalue weighted by Gasteiger charge is -2.05. The zero-order valence-electron chi connectivity index (χ0n) is 10.7. The van der Waals surface area contributed by atoms with Crippen LogP contribution in [0, 0.1) is 13.8 Å². The summed E-state index contributed by atoms with van der Waals surface area (Å²) in [6.07, 6.45) is 0.838. The lowest BCUT2D eigenvalue weighted by Crippen LogP contribution is -2.19. The monoisotopic (exact) mass is 271 g/mol. The fourth-order valence-corrected chi connectivity index (χ4v) is 2.51. The number of carbonyl (C=O) groups is 2. The first-order valence-electron chi connectivity index (χ1n) is 5.68. The van der Waals surface area contributed by atoms with Gasteiger partial charge in [0.25, 0.3) is 5.91 Å². The average Bonchev–Trinajstić information content (AvgIpc) is 2.54. The number of hydrogen-bond acceptors (Lipinski definition) is 4. The maximum atomic E-state index is 11.6. The Morgan fingerprint density at radius 1 is 1.39 bits per heavy atom. The van der Waals surface area contributed by atoms with E-state index in [-0.39, 0.29) is 18.1 Å². The molecular weight excluding hydrogens is 254 g/mol. The van der Waals surface area contributed by atoms with Gasteiger partial charge in [-0.1, -0.05) is 6.92 Å². The number of hydrogen-bond donors (Lipinski definition) is 2. The molecule has 0 aromatic carbocycles. The van der Waals surface area contributed by atoms with Crippen LogP contribution in [-0.2, 0) is 9.53 Å². The van der Waals surface area contributed by atoms with E-state index in [4.69, 9.17) is 9.84 Å². The molecule has 1 amide bonds. The molecule has 0 radical (unpaired) electrons. The molecule has 0 aliphatic rings. The Bertz CT molecular complexity index is 453. The molecular formula is C12H17NO4S. The number of carboxylic acids is 1. The van der Waals surface area contributed by atoms with Gasteiger partial charge in [0.1, 0.15) is 11.6 Å². The predicted molar refractivity (Wildman–Crippen MR) is 70.5 cm³/mol. The third-order valence-corrected chi connectivity index (χ3v) is 3.56. The molecule has 0 aliphatic carbocycles. The first kappa shape index (κ1) is 14.7. The highest BCUT2D eigenvalue weighted by molar-refractivity contribution is 7.16. The Morgan fingerprint density at radius 3 is 2.61 bits per heavy atom. The fourth-order valence-electron chi connectivity index (χ4n) is 1.44. The SMILES string of the molecule is CCCOCC(=O)Nc1sc(C)c(C)c1C(=O)O. The highest BCUT2D eigenvalue weighted by Gasteiger charge is 2.20. The topological polar surface area (TPSA) is 75.6 Å². The number of amides is 1. The van der Waals surface area contributed by atoms with Gasteiger partial charge in [-0.25, -0.2) is 4.79 Å². The van der Waals surface area contributed by atoms with E-state index in [0.29, 0.717) is 17.2 Å². The third-order valence-electron chi connectivity index (χ3n) is 2.43. The van der Waals surface area contributed by atoms with Crippen LogP contribution in [0.2, 0.25) is 0 Å². The summed E-state index contributed by atoms with van der Waals surface area (Å²) in [5.74, 6) is -1.35. The van der Waals surface area contributed by atoms with Crippen LogP contribution in [0.25, 0.3) is 0 Å². The second-order valence-electron chi connectivity index (χ2n) is 3.89. The second-order valence-corrected chi connectivity index (χ2v) is 5.12. The summed E-state index contributed by atoms with van der Waals surface area (Å²) in [6.45, 7) is 5.98. The minimum atomic E-state index is -1.03. The van der Waals surface area contributed by atoms with E-state index in [1.807, 2.05) is 13.8 Å². The number of carbonyl (C=O) groups excluding carboxylic acids is 1. The van der Waals surface area contributed by atoms with Crippen LogP contribution >= 0.6 is 11.3 Å². The van der Waals surface area contributed by atoms with Gasteiger partial charge in [-0.2, -0.15) is 0 Å². The van der Waals surface area contributed by atoms with E-state index >= 15 is 0 Å². The molecule has 0 atom stereocenters. The number of aromatic carboxylic acids is 1. The molecule has 18 heavy (non-hydrogen) atoms. The quantitative estimate of drug-likeness (QED) is 0.779. The number of anilines is 1. The van der Waals surface area contributed by atoms with Gasteiger partial charge in [-0.15, -0.1) is 11.3 Å². The fraction of sp³-hybridized carbons (Fsp3) is 0.500. The van der Waals surface area contributed by atoms with Gasteiger partial charge < -0.3 is 15.2 Å². The van der Waals surface area contributed by atoms with Crippen LogP contribution in [0.4, 0.5) is 5.00 Å². The van der Waals surface area contributed by atoms with E-state index in [1.54, 1.807) is 6.92 Å². The van der Waals surface area contributed by atoms with Gasteiger partial charge in [0.05, 0.1) is 5.56 Å².